The molecule has 20 heavy (non-hydrogen) atoms. The Morgan fingerprint density at radius 3 is 2.50 bits per heavy atom. The van der Waals surface area contributed by atoms with Crippen LogP contribution in [0.15, 0.2) is 9.95 Å². The van der Waals surface area contributed by atoms with Gasteiger partial charge >= 0.3 is 0 Å². The Hall–Kier alpha value is -1.50. The Morgan fingerprint density at radius 2 is 2.00 bits per heavy atom. The van der Waals surface area contributed by atoms with E-state index in [2.05, 4.69) is 9.97 Å². The molecule has 0 aromatic carbocycles. The quantitative estimate of drug-likeness (QED) is 0.587. The number of nitrogens with zero attached hydrogens (tertiary/aromatic N) is 2. The summed E-state index contributed by atoms with van der Waals surface area (Å²) in [6.45, 7) is 7.06. The largest absolute Gasteiger partial charge is 0.493 e. The molecule has 0 bridgehead atoms. The minimum absolute atomic E-state index is 0.0141. The van der Waals surface area contributed by atoms with Crippen molar-refractivity contribution in [3.63, 3.8) is 0 Å². The zero-order valence-corrected chi connectivity index (χ0v) is 12.9. The Balaban J connectivity index is 2.75. The molecule has 0 fully saturated rings. The van der Waals surface area contributed by atoms with E-state index in [1.54, 1.807) is 4.90 Å². The first-order valence-corrected chi connectivity index (χ1v) is 7.74. The second-order valence-corrected chi connectivity index (χ2v) is 5.24. The van der Waals surface area contributed by atoms with Crippen molar-refractivity contribution in [2.24, 2.45) is 0 Å². The molecule has 1 aromatic rings. The van der Waals surface area contributed by atoms with Crippen molar-refractivity contribution in [1.29, 1.82) is 0 Å². The van der Waals surface area contributed by atoms with E-state index in [1.165, 1.54) is 0 Å². The molecule has 0 aliphatic rings. The van der Waals surface area contributed by atoms with Crippen molar-refractivity contribution in [2.75, 3.05) is 18.8 Å². The molecule has 0 unspecified atom stereocenters. The summed E-state index contributed by atoms with van der Waals surface area (Å²) in [5.41, 5.74) is -0.0379. The predicted molar refractivity (Wildman–Crippen MR) is 79.2 cm³/mol. The molecule has 0 radical (unpaired) electrons. The molecular formula is C13H21N3O3S. The van der Waals surface area contributed by atoms with Crippen LogP contribution in [-0.2, 0) is 11.2 Å². The van der Waals surface area contributed by atoms with Crippen LogP contribution in [0, 0.1) is 0 Å². The lowest BCUT2D eigenvalue weighted by Gasteiger charge is -2.17. The number of hydrogen-bond donors (Lipinski definition) is 2. The normalized spacial score (nSPS) is 10.6. The zero-order valence-electron chi connectivity index (χ0n) is 12.1. The Morgan fingerprint density at radius 1 is 1.35 bits per heavy atom. The molecule has 6 nitrogen and oxygen atoms in total. The van der Waals surface area contributed by atoms with E-state index >= 15 is 0 Å². The van der Waals surface area contributed by atoms with E-state index < -0.39 is 0 Å². The molecule has 1 rings (SSSR count). The summed E-state index contributed by atoms with van der Waals surface area (Å²) < 4.78 is 0. The summed E-state index contributed by atoms with van der Waals surface area (Å²) in [4.78, 5) is 31.8. The van der Waals surface area contributed by atoms with Gasteiger partial charge in [0, 0.05) is 13.1 Å². The average molecular weight is 299 g/mol. The second kappa shape index (κ2) is 7.94. The molecule has 0 saturated heterocycles. The number of aromatic amines is 1. The lowest BCUT2D eigenvalue weighted by atomic mass is 10.2. The minimum Gasteiger partial charge on any atom is -0.493 e. The Bertz CT molecular complexity index is 512. The van der Waals surface area contributed by atoms with Crippen LogP contribution in [0.4, 0.5) is 0 Å². The highest BCUT2D eigenvalue weighted by Gasteiger charge is 2.13. The van der Waals surface area contributed by atoms with E-state index in [1.807, 2.05) is 20.8 Å². The summed E-state index contributed by atoms with van der Waals surface area (Å²) in [5.74, 6) is -0.0647. The molecule has 0 atom stereocenters. The molecule has 7 heteroatoms. The highest BCUT2D eigenvalue weighted by Crippen LogP contribution is 2.17. The number of hydrogen-bond acceptors (Lipinski definition) is 5. The highest BCUT2D eigenvalue weighted by atomic mass is 32.2. The Labute approximate surface area is 122 Å². The van der Waals surface area contributed by atoms with E-state index in [-0.39, 0.29) is 28.3 Å². The first-order chi connectivity index (χ1) is 9.53. The predicted octanol–water partition coefficient (Wildman–Crippen LogP) is 1.39. The number of carbonyl (C=O) groups is 1. The lowest BCUT2D eigenvalue weighted by molar-refractivity contribution is -0.127. The fraction of sp³-hybridized carbons (Fsp3) is 0.615. The van der Waals surface area contributed by atoms with Gasteiger partial charge in [0.2, 0.25) is 11.8 Å². The summed E-state index contributed by atoms with van der Waals surface area (Å²) in [6.07, 6.45) is 1.24. The van der Waals surface area contributed by atoms with Crippen LogP contribution in [-0.4, -0.2) is 44.7 Å². The first-order valence-electron chi connectivity index (χ1n) is 6.76. The van der Waals surface area contributed by atoms with Crippen molar-refractivity contribution in [3.8, 4) is 5.88 Å². The van der Waals surface area contributed by atoms with Crippen molar-refractivity contribution < 1.29 is 9.90 Å². The maximum atomic E-state index is 11.8. The number of H-pyrrole nitrogens is 1. The summed E-state index contributed by atoms with van der Waals surface area (Å²) >= 11 is 1.12. The molecule has 0 aliphatic carbocycles. The first kappa shape index (κ1) is 16.6. The number of thioether (sulfide) groups is 1. The van der Waals surface area contributed by atoms with Gasteiger partial charge < -0.3 is 15.0 Å². The number of amides is 1. The van der Waals surface area contributed by atoms with Gasteiger partial charge in [-0.15, -0.1) is 0 Å². The van der Waals surface area contributed by atoms with Crippen molar-refractivity contribution in [2.45, 2.75) is 38.8 Å². The molecule has 0 saturated carbocycles. The monoisotopic (exact) mass is 299 g/mol. The maximum Gasteiger partial charge on any atom is 0.258 e. The number of carbonyl (C=O) groups excluding carboxylic acids is 1. The van der Waals surface area contributed by atoms with Gasteiger partial charge in [-0.05, 0) is 20.3 Å². The number of nitrogens with one attached hydrogen (secondary N) is 1. The van der Waals surface area contributed by atoms with Crippen molar-refractivity contribution >= 4 is 17.7 Å². The van der Waals surface area contributed by atoms with Crippen LogP contribution in [0.5, 0.6) is 5.88 Å². The highest BCUT2D eigenvalue weighted by molar-refractivity contribution is 7.99. The number of aromatic nitrogens is 2. The molecular weight excluding hydrogens is 278 g/mol. The van der Waals surface area contributed by atoms with E-state index in [0.717, 1.165) is 18.2 Å². The number of rotatable bonds is 7. The van der Waals surface area contributed by atoms with Gasteiger partial charge in [0.1, 0.15) is 0 Å². The van der Waals surface area contributed by atoms with E-state index in [9.17, 15) is 14.7 Å². The van der Waals surface area contributed by atoms with Crippen molar-refractivity contribution in [3.05, 3.63) is 15.9 Å². The molecule has 1 aromatic heterocycles. The van der Waals surface area contributed by atoms with Gasteiger partial charge in [-0.3, -0.25) is 9.59 Å². The van der Waals surface area contributed by atoms with Gasteiger partial charge in [-0.25, -0.2) is 0 Å². The second-order valence-electron chi connectivity index (χ2n) is 4.28. The van der Waals surface area contributed by atoms with Gasteiger partial charge in [-0.2, -0.15) is 4.98 Å². The smallest absolute Gasteiger partial charge is 0.258 e. The molecule has 0 spiro atoms. The number of aromatic hydroxyl groups is 1. The van der Waals surface area contributed by atoms with E-state index in [4.69, 9.17) is 0 Å². The molecule has 112 valence electrons. The maximum absolute atomic E-state index is 11.8. The van der Waals surface area contributed by atoms with Gasteiger partial charge in [0.15, 0.2) is 5.16 Å². The van der Waals surface area contributed by atoms with Gasteiger partial charge in [0.05, 0.1) is 11.3 Å². The standard InChI is InChI=1S/C13H21N3O3S/c1-4-7-9-11(18)14-13(15-12(9)19)20-8-10(17)16(5-2)6-3/h4-8H2,1-3H3,(H2,14,15,18,19). The van der Waals surface area contributed by atoms with Crippen LogP contribution in [0.2, 0.25) is 0 Å². The minimum atomic E-state index is -0.336. The van der Waals surface area contributed by atoms with Crippen LogP contribution in [0.3, 0.4) is 0 Å². The Kier molecular flexibility index (Phi) is 6.57. The SMILES string of the molecule is CCCc1c(O)nc(SCC(=O)N(CC)CC)[nH]c1=O. The molecule has 1 amide bonds. The third-order valence-electron chi connectivity index (χ3n) is 2.92. The topological polar surface area (TPSA) is 86.3 Å². The summed E-state index contributed by atoms with van der Waals surface area (Å²) in [5, 5.41) is 10.0. The van der Waals surface area contributed by atoms with Crippen LogP contribution in [0.25, 0.3) is 0 Å². The van der Waals surface area contributed by atoms with E-state index in [0.29, 0.717) is 25.1 Å². The zero-order chi connectivity index (χ0) is 15.1. The molecule has 0 aliphatic heterocycles. The third kappa shape index (κ3) is 4.26. The fourth-order valence-corrected chi connectivity index (χ4v) is 2.57. The van der Waals surface area contributed by atoms with Crippen molar-refractivity contribution in [1.82, 2.24) is 14.9 Å². The van der Waals surface area contributed by atoms with Crippen LogP contribution < -0.4 is 5.56 Å². The van der Waals surface area contributed by atoms with Gasteiger partial charge in [0.25, 0.3) is 5.56 Å². The fourth-order valence-electron chi connectivity index (χ4n) is 1.81. The average Bonchev–Trinajstić information content (AvgIpc) is 2.42. The summed E-state index contributed by atoms with van der Waals surface area (Å²) in [6, 6.07) is 0. The molecule has 2 N–H and O–H groups in total. The lowest BCUT2D eigenvalue weighted by Crippen LogP contribution is -2.32. The third-order valence-corrected chi connectivity index (χ3v) is 3.78. The van der Waals surface area contributed by atoms with Crippen LogP contribution >= 0.6 is 11.8 Å². The van der Waals surface area contributed by atoms with Crippen LogP contribution in [0.1, 0.15) is 32.8 Å². The summed E-state index contributed by atoms with van der Waals surface area (Å²) in [7, 11) is 0. The molecule has 1 heterocycles. The van der Waals surface area contributed by atoms with Gasteiger partial charge in [-0.1, -0.05) is 25.1 Å².